The maximum Gasteiger partial charge on any atom is 0.328 e. The molecule has 7 heteroatoms. The van der Waals surface area contributed by atoms with Crippen LogP contribution in [0.5, 0.6) is 5.75 Å². The Morgan fingerprint density at radius 3 is 3.00 bits per heavy atom. The second kappa shape index (κ2) is 6.29. The van der Waals surface area contributed by atoms with E-state index in [-0.39, 0.29) is 25.5 Å². The molecule has 23 heavy (non-hydrogen) atoms. The number of benzene rings is 1. The van der Waals surface area contributed by atoms with E-state index in [1.54, 1.807) is 19.2 Å². The number of carbonyl (C=O) groups excluding carboxylic acids is 1. The molecule has 7 nitrogen and oxygen atoms in total. The molecule has 2 aromatic rings. The molecule has 1 fully saturated rings. The lowest BCUT2D eigenvalue weighted by atomic mass is 10.1. The highest BCUT2D eigenvalue weighted by Gasteiger charge is 2.32. The first-order chi connectivity index (χ1) is 11.1. The van der Waals surface area contributed by atoms with Crippen molar-refractivity contribution < 1.29 is 28.6 Å². The highest BCUT2D eigenvalue weighted by Crippen LogP contribution is 2.26. The molecule has 1 aliphatic rings. The number of fused-ring (bicyclic) bond motifs is 1. The van der Waals surface area contributed by atoms with Crippen LogP contribution in [-0.2, 0) is 20.7 Å². The van der Waals surface area contributed by atoms with Crippen LogP contribution in [-0.4, -0.2) is 54.8 Å². The van der Waals surface area contributed by atoms with Gasteiger partial charge >= 0.3 is 5.97 Å². The minimum Gasteiger partial charge on any atom is -0.497 e. The molecule has 0 aliphatic carbocycles. The van der Waals surface area contributed by atoms with E-state index in [0.29, 0.717) is 17.9 Å². The van der Waals surface area contributed by atoms with E-state index in [1.165, 1.54) is 11.2 Å². The van der Waals surface area contributed by atoms with Gasteiger partial charge in [0.1, 0.15) is 11.3 Å². The molecule has 0 unspecified atom stereocenters. The summed E-state index contributed by atoms with van der Waals surface area (Å²) in [4.78, 5) is 25.1. The monoisotopic (exact) mass is 319 g/mol. The summed E-state index contributed by atoms with van der Waals surface area (Å²) in [6, 6.07) is 4.43. The van der Waals surface area contributed by atoms with Crippen molar-refractivity contribution in [3.05, 3.63) is 30.0 Å². The third-order valence-electron chi connectivity index (χ3n) is 3.94. The van der Waals surface area contributed by atoms with E-state index >= 15 is 0 Å². The zero-order valence-corrected chi connectivity index (χ0v) is 12.7. The van der Waals surface area contributed by atoms with Gasteiger partial charge in [0.25, 0.3) is 0 Å². The molecule has 0 spiro atoms. The molecular formula is C16H17NO6. The van der Waals surface area contributed by atoms with Crippen LogP contribution in [0.1, 0.15) is 5.56 Å². The number of amides is 1. The van der Waals surface area contributed by atoms with Gasteiger partial charge in [-0.3, -0.25) is 4.79 Å². The van der Waals surface area contributed by atoms with Gasteiger partial charge in [0.2, 0.25) is 5.91 Å². The number of carboxylic acid groups (broad SMARTS) is 1. The fourth-order valence-corrected chi connectivity index (χ4v) is 2.70. The van der Waals surface area contributed by atoms with Gasteiger partial charge in [-0.15, -0.1) is 0 Å². The summed E-state index contributed by atoms with van der Waals surface area (Å²) in [6.07, 6.45) is 1.61. The van der Waals surface area contributed by atoms with Crippen molar-refractivity contribution in [3.63, 3.8) is 0 Å². The third-order valence-corrected chi connectivity index (χ3v) is 3.94. The summed E-state index contributed by atoms with van der Waals surface area (Å²) >= 11 is 0. The summed E-state index contributed by atoms with van der Waals surface area (Å²) in [5.74, 6) is -0.636. The smallest absolute Gasteiger partial charge is 0.328 e. The summed E-state index contributed by atoms with van der Waals surface area (Å²) in [5, 5.41) is 10.0. The van der Waals surface area contributed by atoms with E-state index < -0.39 is 12.0 Å². The number of hydrogen-bond acceptors (Lipinski definition) is 5. The Hall–Kier alpha value is -2.54. The number of morpholine rings is 1. The van der Waals surface area contributed by atoms with Crippen LogP contribution in [0, 0.1) is 0 Å². The standard InChI is InChI=1S/C16H17NO6/c1-21-11-2-3-12-10(8-23-14(12)7-11)6-15(18)17-4-5-22-9-13(17)16(19)20/h2-3,7-8,13H,4-6,9H2,1H3,(H,19,20)/t13-/m0/s1. The molecule has 0 saturated carbocycles. The largest absolute Gasteiger partial charge is 0.497 e. The minimum absolute atomic E-state index is 0.0183. The molecule has 1 N–H and O–H groups in total. The summed E-state index contributed by atoms with van der Waals surface area (Å²) < 4.78 is 15.7. The fraction of sp³-hybridized carbons (Fsp3) is 0.375. The van der Waals surface area contributed by atoms with E-state index in [9.17, 15) is 14.7 Å². The molecule has 122 valence electrons. The Kier molecular flexibility index (Phi) is 4.20. The summed E-state index contributed by atoms with van der Waals surface area (Å²) in [7, 11) is 1.57. The van der Waals surface area contributed by atoms with Crippen LogP contribution < -0.4 is 4.74 Å². The molecule has 1 aromatic heterocycles. The Labute approximate surface area is 132 Å². The molecular weight excluding hydrogens is 302 g/mol. The van der Waals surface area contributed by atoms with Gasteiger partial charge in [-0.25, -0.2) is 4.79 Å². The van der Waals surface area contributed by atoms with Gasteiger partial charge in [-0.2, -0.15) is 0 Å². The lowest BCUT2D eigenvalue weighted by molar-refractivity contribution is -0.157. The fourth-order valence-electron chi connectivity index (χ4n) is 2.70. The van der Waals surface area contributed by atoms with Gasteiger partial charge in [-0.1, -0.05) is 0 Å². The van der Waals surface area contributed by atoms with Crippen molar-refractivity contribution in [2.75, 3.05) is 26.9 Å². The van der Waals surface area contributed by atoms with Crippen LogP contribution in [0.3, 0.4) is 0 Å². The van der Waals surface area contributed by atoms with Crippen molar-refractivity contribution in [3.8, 4) is 5.75 Å². The maximum absolute atomic E-state index is 12.5. The maximum atomic E-state index is 12.5. The zero-order valence-electron chi connectivity index (χ0n) is 12.7. The predicted molar refractivity (Wildman–Crippen MR) is 80.4 cm³/mol. The first-order valence-corrected chi connectivity index (χ1v) is 7.24. The first-order valence-electron chi connectivity index (χ1n) is 7.24. The first kappa shape index (κ1) is 15.4. The highest BCUT2D eigenvalue weighted by atomic mass is 16.5. The van der Waals surface area contributed by atoms with E-state index in [0.717, 1.165) is 10.9 Å². The molecule has 1 amide bonds. The predicted octanol–water partition coefficient (Wildman–Crippen LogP) is 1.30. The highest BCUT2D eigenvalue weighted by molar-refractivity contribution is 5.90. The Morgan fingerprint density at radius 2 is 2.26 bits per heavy atom. The second-order valence-corrected chi connectivity index (χ2v) is 5.32. The SMILES string of the molecule is COc1ccc2c(CC(=O)N3CCOC[C@H]3C(=O)O)coc2c1. The number of methoxy groups -OCH3 is 1. The van der Waals surface area contributed by atoms with Crippen LogP contribution >= 0.6 is 0 Å². The van der Waals surface area contributed by atoms with Gasteiger partial charge in [-0.05, 0) is 12.1 Å². The van der Waals surface area contributed by atoms with E-state index in [4.69, 9.17) is 13.9 Å². The van der Waals surface area contributed by atoms with E-state index in [1.807, 2.05) is 6.07 Å². The van der Waals surface area contributed by atoms with Gasteiger partial charge < -0.3 is 23.9 Å². The van der Waals surface area contributed by atoms with Gasteiger partial charge in [0.05, 0.1) is 33.0 Å². The number of nitrogens with zero attached hydrogens (tertiary/aromatic N) is 1. The Bertz CT molecular complexity index is 737. The summed E-state index contributed by atoms with van der Waals surface area (Å²) in [5.41, 5.74) is 1.35. The number of ether oxygens (including phenoxy) is 2. The van der Waals surface area contributed by atoms with Crippen molar-refractivity contribution >= 4 is 22.8 Å². The molecule has 1 atom stereocenters. The number of carbonyl (C=O) groups is 2. The molecule has 1 saturated heterocycles. The van der Waals surface area contributed by atoms with Gasteiger partial charge in [0.15, 0.2) is 6.04 Å². The van der Waals surface area contributed by atoms with Crippen molar-refractivity contribution in [2.24, 2.45) is 0 Å². The topological polar surface area (TPSA) is 89.2 Å². The van der Waals surface area contributed by atoms with Crippen LogP contribution in [0.15, 0.2) is 28.9 Å². The Balaban J connectivity index is 1.81. The quantitative estimate of drug-likeness (QED) is 0.913. The molecule has 0 bridgehead atoms. The second-order valence-electron chi connectivity index (χ2n) is 5.32. The van der Waals surface area contributed by atoms with Crippen molar-refractivity contribution in [2.45, 2.75) is 12.5 Å². The van der Waals surface area contributed by atoms with Crippen LogP contribution in [0.25, 0.3) is 11.0 Å². The lowest BCUT2D eigenvalue weighted by Gasteiger charge is -2.32. The van der Waals surface area contributed by atoms with Gasteiger partial charge in [0, 0.05) is 23.6 Å². The van der Waals surface area contributed by atoms with E-state index in [2.05, 4.69) is 0 Å². The average Bonchev–Trinajstić information content (AvgIpc) is 2.96. The number of aliphatic carboxylic acids is 1. The van der Waals surface area contributed by atoms with Crippen LogP contribution in [0.4, 0.5) is 0 Å². The number of carboxylic acids is 1. The zero-order chi connectivity index (χ0) is 16.4. The number of furan rings is 1. The molecule has 3 rings (SSSR count). The average molecular weight is 319 g/mol. The normalized spacial score (nSPS) is 18.1. The third kappa shape index (κ3) is 3.00. The molecule has 1 aromatic carbocycles. The van der Waals surface area contributed by atoms with Crippen molar-refractivity contribution in [1.29, 1.82) is 0 Å². The molecule has 0 radical (unpaired) electrons. The molecule has 2 heterocycles. The lowest BCUT2D eigenvalue weighted by Crippen LogP contribution is -2.53. The number of rotatable bonds is 4. The summed E-state index contributed by atoms with van der Waals surface area (Å²) in [6.45, 7) is 0.642. The van der Waals surface area contributed by atoms with Crippen molar-refractivity contribution in [1.82, 2.24) is 4.90 Å². The number of hydrogen-bond donors (Lipinski definition) is 1. The Morgan fingerprint density at radius 1 is 1.43 bits per heavy atom. The minimum atomic E-state index is -1.06. The molecule has 1 aliphatic heterocycles. The van der Waals surface area contributed by atoms with Crippen LogP contribution in [0.2, 0.25) is 0 Å².